The van der Waals surface area contributed by atoms with Crippen molar-refractivity contribution in [2.45, 2.75) is 18.9 Å². The third-order valence-corrected chi connectivity index (χ3v) is 4.09. The van der Waals surface area contributed by atoms with E-state index in [2.05, 4.69) is 36.7 Å². The molecule has 0 bridgehead atoms. The lowest BCUT2D eigenvalue weighted by Crippen LogP contribution is -2.32. The summed E-state index contributed by atoms with van der Waals surface area (Å²) in [5, 5.41) is 0. The smallest absolute Gasteiger partial charge is 0.161 e. The van der Waals surface area contributed by atoms with Crippen LogP contribution in [-0.4, -0.2) is 37.5 Å². The van der Waals surface area contributed by atoms with E-state index in [0.717, 1.165) is 36.6 Å². The van der Waals surface area contributed by atoms with E-state index in [1.165, 1.54) is 11.1 Å². The average Bonchev–Trinajstić information content (AvgIpc) is 2.40. The fourth-order valence-corrected chi connectivity index (χ4v) is 3.11. The fraction of sp³-hybridized carbons (Fsp3) is 0.571. The summed E-state index contributed by atoms with van der Waals surface area (Å²) in [7, 11) is 2.19. The summed E-state index contributed by atoms with van der Waals surface area (Å²) in [6.07, 6.45) is 2.16. The monoisotopic (exact) mass is 265 g/mol. The van der Waals surface area contributed by atoms with Crippen LogP contribution < -0.4 is 9.47 Å². The number of benzene rings is 1. The van der Waals surface area contributed by atoms with Crippen LogP contribution in [0.25, 0.3) is 0 Å². The second-order valence-electron chi connectivity index (χ2n) is 4.95. The molecule has 1 aromatic carbocycles. The molecule has 0 fully saturated rings. The van der Waals surface area contributed by atoms with Crippen molar-refractivity contribution in [3.63, 3.8) is 0 Å². The SMILES string of the molecule is CN1CCc2cc3c(cc2C1CCS)OCCO3. The summed E-state index contributed by atoms with van der Waals surface area (Å²) in [5.41, 5.74) is 2.80. The first-order valence-electron chi connectivity index (χ1n) is 6.53. The lowest BCUT2D eigenvalue weighted by atomic mass is 9.91. The van der Waals surface area contributed by atoms with Crippen molar-refractivity contribution in [3.05, 3.63) is 23.3 Å². The van der Waals surface area contributed by atoms with Gasteiger partial charge in [0.15, 0.2) is 11.5 Å². The molecule has 4 heteroatoms. The zero-order valence-electron chi connectivity index (χ0n) is 10.7. The lowest BCUT2D eigenvalue weighted by molar-refractivity contribution is 0.168. The van der Waals surface area contributed by atoms with E-state index in [1.807, 2.05) is 0 Å². The third-order valence-electron chi connectivity index (χ3n) is 3.83. The summed E-state index contributed by atoms with van der Waals surface area (Å²) in [5.74, 6) is 2.72. The minimum Gasteiger partial charge on any atom is -0.486 e. The van der Waals surface area contributed by atoms with Gasteiger partial charge >= 0.3 is 0 Å². The Bertz CT molecular complexity index is 450. The molecule has 3 nitrogen and oxygen atoms in total. The van der Waals surface area contributed by atoms with Crippen LogP contribution in [0, 0.1) is 0 Å². The molecule has 0 aromatic heterocycles. The fourth-order valence-electron chi connectivity index (χ4n) is 2.86. The number of ether oxygens (including phenoxy) is 2. The van der Waals surface area contributed by atoms with E-state index in [9.17, 15) is 0 Å². The highest BCUT2D eigenvalue weighted by Gasteiger charge is 2.27. The number of fused-ring (bicyclic) bond motifs is 2. The molecule has 0 aliphatic carbocycles. The van der Waals surface area contributed by atoms with E-state index < -0.39 is 0 Å². The standard InChI is InChI=1S/C14H19NO2S/c1-15-4-2-10-8-13-14(17-6-5-16-13)9-11(10)12(15)3-7-18/h8-9,12,18H,2-7H2,1H3. The van der Waals surface area contributed by atoms with Gasteiger partial charge in [-0.1, -0.05) is 0 Å². The largest absolute Gasteiger partial charge is 0.486 e. The van der Waals surface area contributed by atoms with Crippen LogP contribution in [0.4, 0.5) is 0 Å². The Labute approximate surface area is 113 Å². The summed E-state index contributed by atoms with van der Waals surface area (Å²) in [6.45, 7) is 2.41. The van der Waals surface area contributed by atoms with Crippen LogP contribution >= 0.6 is 12.6 Å². The quantitative estimate of drug-likeness (QED) is 0.829. The number of rotatable bonds is 2. The van der Waals surface area contributed by atoms with Gasteiger partial charge in [0.05, 0.1) is 0 Å². The molecule has 3 rings (SSSR count). The van der Waals surface area contributed by atoms with Crippen molar-refractivity contribution in [1.82, 2.24) is 4.90 Å². The highest BCUT2D eigenvalue weighted by molar-refractivity contribution is 7.80. The van der Waals surface area contributed by atoms with Crippen molar-refractivity contribution in [3.8, 4) is 11.5 Å². The predicted octanol–water partition coefficient (Wildman–Crippen LogP) is 2.31. The molecule has 2 aliphatic heterocycles. The Morgan fingerprint density at radius 1 is 1.28 bits per heavy atom. The summed E-state index contributed by atoms with van der Waals surface area (Å²) in [6, 6.07) is 4.80. The molecule has 0 amide bonds. The minimum absolute atomic E-state index is 0.460. The van der Waals surface area contributed by atoms with Gasteiger partial charge in [0.1, 0.15) is 13.2 Å². The van der Waals surface area contributed by atoms with Crippen LogP contribution in [-0.2, 0) is 6.42 Å². The molecule has 0 saturated heterocycles. The number of hydrogen-bond acceptors (Lipinski definition) is 4. The molecule has 2 heterocycles. The van der Waals surface area contributed by atoms with Gasteiger partial charge in [0.25, 0.3) is 0 Å². The number of thiol groups is 1. The van der Waals surface area contributed by atoms with Gasteiger partial charge in [-0.3, -0.25) is 4.90 Å². The molecule has 2 aliphatic rings. The van der Waals surface area contributed by atoms with E-state index in [0.29, 0.717) is 19.3 Å². The molecule has 1 unspecified atom stereocenters. The van der Waals surface area contributed by atoms with E-state index in [4.69, 9.17) is 9.47 Å². The van der Waals surface area contributed by atoms with E-state index in [-0.39, 0.29) is 0 Å². The van der Waals surface area contributed by atoms with Crippen LogP contribution in [0.15, 0.2) is 12.1 Å². The van der Waals surface area contributed by atoms with Gasteiger partial charge in [-0.2, -0.15) is 12.6 Å². The first-order chi connectivity index (χ1) is 8.79. The zero-order valence-corrected chi connectivity index (χ0v) is 11.6. The van der Waals surface area contributed by atoms with Crippen LogP contribution in [0.1, 0.15) is 23.6 Å². The second-order valence-corrected chi connectivity index (χ2v) is 5.40. The van der Waals surface area contributed by atoms with Gasteiger partial charge < -0.3 is 9.47 Å². The molecule has 0 radical (unpaired) electrons. The minimum atomic E-state index is 0.460. The van der Waals surface area contributed by atoms with Crippen molar-refractivity contribution < 1.29 is 9.47 Å². The Hall–Kier alpha value is -0.870. The molecule has 1 atom stereocenters. The first kappa shape index (κ1) is 12.2. The Balaban J connectivity index is 2.01. The first-order valence-corrected chi connectivity index (χ1v) is 7.16. The molecule has 1 aromatic rings. The second kappa shape index (κ2) is 5.02. The van der Waals surface area contributed by atoms with E-state index in [1.54, 1.807) is 0 Å². The maximum absolute atomic E-state index is 5.69. The lowest BCUT2D eigenvalue weighted by Gasteiger charge is -2.35. The molecule has 0 N–H and O–H groups in total. The molecule has 0 spiro atoms. The topological polar surface area (TPSA) is 21.7 Å². The van der Waals surface area contributed by atoms with Gasteiger partial charge in [0, 0.05) is 12.6 Å². The predicted molar refractivity (Wildman–Crippen MR) is 75.0 cm³/mol. The maximum atomic E-state index is 5.69. The number of nitrogens with zero attached hydrogens (tertiary/aromatic N) is 1. The van der Waals surface area contributed by atoms with Gasteiger partial charge in [-0.25, -0.2) is 0 Å². The normalized spacial score (nSPS) is 22.7. The third kappa shape index (κ3) is 2.08. The number of hydrogen-bond donors (Lipinski definition) is 1. The average molecular weight is 265 g/mol. The number of likely N-dealkylation sites (N-methyl/N-ethyl adjacent to an activating group) is 1. The molecular formula is C14H19NO2S. The molecule has 98 valence electrons. The van der Waals surface area contributed by atoms with Crippen molar-refractivity contribution in [2.75, 3.05) is 32.6 Å². The molecular weight excluding hydrogens is 246 g/mol. The summed E-state index contributed by atoms with van der Waals surface area (Å²) >= 11 is 4.38. The highest BCUT2D eigenvalue weighted by Crippen LogP contribution is 2.40. The van der Waals surface area contributed by atoms with E-state index >= 15 is 0 Å². The van der Waals surface area contributed by atoms with Gasteiger partial charge in [0.2, 0.25) is 0 Å². The van der Waals surface area contributed by atoms with Crippen molar-refractivity contribution in [2.24, 2.45) is 0 Å². The van der Waals surface area contributed by atoms with Crippen molar-refractivity contribution >= 4 is 12.6 Å². The van der Waals surface area contributed by atoms with Crippen LogP contribution in [0.3, 0.4) is 0 Å². The van der Waals surface area contributed by atoms with Crippen LogP contribution in [0.5, 0.6) is 11.5 Å². The Morgan fingerprint density at radius 2 is 2.00 bits per heavy atom. The van der Waals surface area contributed by atoms with Crippen molar-refractivity contribution in [1.29, 1.82) is 0 Å². The van der Waals surface area contributed by atoms with Gasteiger partial charge in [-0.05, 0) is 48.9 Å². The molecule has 18 heavy (non-hydrogen) atoms. The van der Waals surface area contributed by atoms with Gasteiger partial charge in [-0.15, -0.1) is 0 Å². The molecule has 0 saturated carbocycles. The Morgan fingerprint density at radius 3 is 2.72 bits per heavy atom. The maximum Gasteiger partial charge on any atom is 0.161 e. The highest BCUT2D eigenvalue weighted by atomic mass is 32.1. The zero-order chi connectivity index (χ0) is 12.5. The summed E-state index contributed by atoms with van der Waals surface area (Å²) in [4.78, 5) is 2.41. The van der Waals surface area contributed by atoms with Crippen LogP contribution in [0.2, 0.25) is 0 Å². The Kier molecular flexibility index (Phi) is 3.39. The summed E-state index contributed by atoms with van der Waals surface area (Å²) < 4.78 is 11.3.